The first-order valence-corrected chi connectivity index (χ1v) is 11.2. The number of carbonyl (C=O) groups is 1. The smallest absolute Gasteiger partial charge is 0.243 e. The Hall–Kier alpha value is -1.86. The Balaban J connectivity index is 1.85. The summed E-state index contributed by atoms with van der Waals surface area (Å²) in [6.45, 7) is 3.39. The van der Waals surface area contributed by atoms with Crippen LogP contribution in [-0.2, 0) is 14.8 Å². The van der Waals surface area contributed by atoms with Gasteiger partial charge in [-0.3, -0.25) is 4.79 Å². The maximum absolute atomic E-state index is 13.0. The van der Waals surface area contributed by atoms with Crippen LogP contribution in [0.5, 0.6) is 5.75 Å². The quantitative estimate of drug-likeness (QED) is 0.751. The lowest BCUT2D eigenvalue weighted by molar-refractivity contribution is -0.120. The molecule has 1 aliphatic heterocycles. The number of allylic oxidation sites excluding steroid dienone is 2. The molecule has 2 aliphatic rings. The fourth-order valence-electron chi connectivity index (χ4n) is 3.57. The zero-order valence-electron chi connectivity index (χ0n) is 15.8. The number of ether oxygens (including phenoxy) is 1. The van der Waals surface area contributed by atoms with Gasteiger partial charge in [0.1, 0.15) is 5.75 Å². The van der Waals surface area contributed by atoms with E-state index in [2.05, 4.69) is 11.4 Å². The SMILES string of the molecule is CCOc1ccc(S(=O)(=O)N2CCCCC2)cc1NC(=O)[C@@H]1CC=CCC1. The maximum atomic E-state index is 13.0. The normalized spacial score (nSPS) is 21.0. The molecule has 1 amide bonds. The zero-order chi connectivity index (χ0) is 19.3. The van der Waals surface area contributed by atoms with Gasteiger partial charge in [-0.25, -0.2) is 8.42 Å². The van der Waals surface area contributed by atoms with Gasteiger partial charge in [-0.2, -0.15) is 4.31 Å². The van der Waals surface area contributed by atoms with Crippen molar-refractivity contribution in [1.29, 1.82) is 0 Å². The second-order valence-corrected chi connectivity index (χ2v) is 8.96. The molecule has 0 unspecified atom stereocenters. The first kappa shape index (κ1) is 19.9. The van der Waals surface area contributed by atoms with E-state index in [-0.39, 0.29) is 16.7 Å². The third-order valence-corrected chi connectivity index (χ3v) is 7.00. The Morgan fingerprint density at radius 1 is 1.22 bits per heavy atom. The van der Waals surface area contributed by atoms with E-state index in [4.69, 9.17) is 4.74 Å². The van der Waals surface area contributed by atoms with Gasteiger partial charge in [0, 0.05) is 19.0 Å². The van der Waals surface area contributed by atoms with Crippen LogP contribution < -0.4 is 10.1 Å². The fourth-order valence-corrected chi connectivity index (χ4v) is 5.11. The summed E-state index contributed by atoms with van der Waals surface area (Å²) in [6, 6.07) is 4.73. The molecular weight excluding hydrogens is 364 g/mol. The van der Waals surface area contributed by atoms with Crippen molar-refractivity contribution in [1.82, 2.24) is 4.31 Å². The highest BCUT2D eigenvalue weighted by Crippen LogP contribution is 2.31. The van der Waals surface area contributed by atoms with Gasteiger partial charge < -0.3 is 10.1 Å². The molecule has 0 aromatic heterocycles. The molecule has 1 aromatic carbocycles. The lowest BCUT2D eigenvalue weighted by atomic mass is 9.93. The summed E-state index contributed by atoms with van der Waals surface area (Å²) in [5, 5.41) is 2.90. The minimum absolute atomic E-state index is 0.0900. The van der Waals surface area contributed by atoms with Crippen LogP contribution >= 0.6 is 0 Å². The highest BCUT2D eigenvalue weighted by atomic mass is 32.2. The first-order valence-electron chi connectivity index (χ1n) is 9.75. The minimum atomic E-state index is -3.56. The molecule has 7 heteroatoms. The summed E-state index contributed by atoms with van der Waals surface area (Å²) in [5.41, 5.74) is 0.425. The van der Waals surface area contributed by atoms with E-state index >= 15 is 0 Å². The Morgan fingerprint density at radius 3 is 2.67 bits per heavy atom. The van der Waals surface area contributed by atoms with Crippen molar-refractivity contribution in [3.05, 3.63) is 30.4 Å². The van der Waals surface area contributed by atoms with Gasteiger partial charge in [0.15, 0.2) is 0 Å². The molecule has 0 spiro atoms. The van der Waals surface area contributed by atoms with Crippen molar-refractivity contribution in [3.63, 3.8) is 0 Å². The summed E-state index contributed by atoms with van der Waals surface area (Å²) in [5.74, 6) is 0.314. The molecule has 148 valence electrons. The third kappa shape index (κ3) is 4.71. The van der Waals surface area contributed by atoms with Crippen LogP contribution in [0.4, 0.5) is 5.69 Å². The molecule has 27 heavy (non-hydrogen) atoms. The van der Waals surface area contributed by atoms with Crippen LogP contribution in [-0.4, -0.2) is 38.3 Å². The summed E-state index contributed by atoms with van der Waals surface area (Å²) in [7, 11) is -3.56. The highest BCUT2D eigenvalue weighted by molar-refractivity contribution is 7.89. The molecular formula is C20H28N2O4S. The summed E-state index contributed by atoms with van der Waals surface area (Å²) in [4.78, 5) is 12.8. The molecule has 1 N–H and O–H groups in total. The average Bonchev–Trinajstić information content (AvgIpc) is 2.70. The fraction of sp³-hybridized carbons (Fsp3) is 0.550. The van der Waals surface area contributed by atoms with Gasteiger partial charge in [0.2, 0.25) is 15.9 Å². The van der Waals surface area contributed by atoms with Crippen molar-refractivity contribution >= 4 is 21.6 Å². The second-order valence-electron chi connectivity index (χ2n) is 7.03. The number of hydrogen-bond donors (Lipinski definition) is 1. The number of rotatable bonds is 6. The van der Waals surface area contributed by atoms with E-state index in [0.717, 1.165) is 32.1 Å². The number of anilines is 1. The highest BCUT2D eigenvalue weighted by Gasteiger charge is 2.27. The summed E-state index contributed by atoms with van der Waals surface area (Å²) >= 11 is 0. The predicted octanol–water partition coefficient (Wildman–Crippen LogP) is 3.55. The molecule has 1 saturated heterocycles. The molecule has 1 atom stereocenters. The Kier molecular flexibility index (Phi) is 6.55. The third-order valence-electron chi connectivity index (χ3n) is 5.10. The van der Waals surface area contributed by atoms with Crippen LogP contribution in [0.25, 0.3) is 0 Å². The minimum Gasteiger partial charge on any atom is -0.492 e. The number of nitrogens with one attached hydrogen (secondary N) is 1. The van der Waals surface area contributed by atoms with Gasteiger partial charge in [-0.15, -0.1) is 0 Å². The molecule has 0 saturated carbocycles. The van der Waals surface area contributed by atoms with E-state index in [0.29, 0.717) is 37.6 Å². The molecule has 0 radical (unpaired) electrons. The zero-order valence-corrected chi connectivity index (χ0v) is 16.6. The topological polar surface area (TPSA) is 75.7 Å². The number of piperidine rings is 1. The number of carbonyl (C=O) groups excluding carboxylic acids is 1. The number of nitrogens with zero attached hydrogens (tertiary/aromatic N) is 1. The Bertz CT molecular complexity index is 798. The van der Waals surface area contributed by atoms with Gasteiger partial charge >= 0.3 is 0 Å². The number of benzene rings is 1. The largest absolute Gasteiger partial charge is 0.492 e. The second kappa shape index (κ2) is 8.89. The van der Waals surface area contributed by atoms with Gasteiger partial charge in [0.25, 0.3) is 0 Å². The van der Waals surface area contributed by atoms with Crippen molar-refractivity contribution in [2.75, 3.05) is 25.0 Å². The average molecular weight is 393 g/mol. The molecule has 1 fully saturated rings. The van der Waals surface area contributed by atoms with Crippen molar-refractivity contribution in [2.24, 2.45) is 5.92 Å². The van der Waals surface area contributed by atoms with Crippen LogP contribution in [0, 0.1) is 5.92 Å². The van der Waals surface area contributed by atoms with Crippen molar-refractivity contribution in [2.45, 2.75) is 50.3 Å². The van der Waals surface area contributed by atoms with E-state index < -0.39 is 10.0 Å². The first-order chi connectivity index (χ1) is 13.0. The van der Waals surface area contributed by atoms with Gasteiger partial charge in [-0.05, 0) is 57.2 Å². The van der Waals surface area contributed by atoms with E-state index in [1.165, 1.54) is 10.4 Å². The van der Waals surface area contributed by atoms with Gasteiger partial charge in [-0.1, -0.05) is 18.6 Å². The number of hydrogen-bond acceptors (Lipinski definition) is 4. The van der Waals surface area contributed by atoms with Crippen molar-refractivity contribution in [3.8, 4) is 5.75 Å². The lowest BCUT2D eigenvalue weighted by Crippen LogP contribution is -2.35. The number of amides is 1. The molecule has 1 aliphatic carbocycles. The standard InChI is InChI=1S/C20H28N2O4S/c1-2-26-19-12-11-17(27(24,25)22-13-7-4-8-14-22)15-18(19)21-20(23)16-9-5-3-6-10-16/h3,5,11-12,15-16H,2,4,6-10,13-14H2,1H3,(H,21,23)/t16-/m1/s1. The molecule has 1 aromatic rings. The molecule has 1 heterocycles. The van der Waals surface area contributed by atoms with Crippen LogP contribution in [0.3, 0.4) is 0 Å². The monoisotopic (exact) mass is 392 g/mol. The van der Waals surface area contributed by atoms with E-state index in [1.54, 1.807) is 12.1 Å². The molecule has 0 bridgehead atoms. The van der Waals surface area contributed by atoms with Crippen molar-refractivity contribution < 1.29 is 17.9 Å². The van der Waals surface area contributed by atoms with E-state index in [9.17, 15) is 13.2 Å². The van der Waals surface area contributed by atoms with Gasteiger partial charge in [0.05, 0.1) is 17.2 Å². The molecule has 3 rings (SSSR count). The number of sulfonamides is 1. The predicted molar refractivity (Wildman–Crippen MR) is 105 cm³/mol. The Morgan fingerprint density at radius 2 is 2.00 bits per heavy atom. The lowest BCUT2D eigenvalue weighted by Gasteiger charge is -2.26. The van der Waals surface area contributed by atoms with E-state index in [1.807, 2.05) is 13.0 Å². The van der Waals surface area contributed by atoms with Crippen LogP contribution in [0.15, 0.2) is 35.2 Å². The van der Waals surface area contributed by atoms with Crippen LogP contribution in [0.2, 0.25) is 0 Å². The Labute approximate surface area is 161 Å². The molecule has 6 nitrogen and oxygen atoms in total. The maximum Gasteiger partial charge on any atom is 0.243 e. The summed E-state index contributed by atoms with van der Waals surface area (Å²) < 4.78 is 33.1. The summed E-state index contributed by atoms with van der Waals surface area (Å²) in [6.07, 6.45) is 9.34. The van der Waals surface area contributed by atoms with Crippen LogP contribution in [0.1, 0.15) is 45.4 Å².